The second-order valence-corrected chi connectivity index (χ2v) is 8.04. The summed E-state index contributed by atoms with van der Waals surface area (Å²) in [6.07, 6.45) is 4.30. The Morgan fingerprint density at radius 2 is 1.46 bits per heavy atom. The Kier molecular flexibility index (Phi) is 9.31. The Morgan fingerprint density at radius 1 is 0.857 bits per heavy atom. The lowest BCUT2D eigenvalue weighted by Crippen LogP contribution is -2.44. The van der Waals surface area contributed by atoms with E-state index in [-0.39, 0.29) is 5.97 Å². The molecule has 0 amide bonds. The lowest BCUT2D eigenvalue weighted by Gasteiger charge is -2.38. The van der Waals surface area contributed by atoms with Gasteiger partial charge in [-0.1, -0.05) is 24.3 Å². The monoisotopic (exact) mass is 480 g/mol. The lowest BCUT2D eigenvalue weighted by molar-refractivity contribution is -0.137. The third-order valence-corrected chi connectivity index (χ3v) is 5.86. The summed E-state index contributed by atoms with van der Waals surface area (Å²) in [4.78, 5) is 28.7. The summed E-state index contributed by atoms with van der Waals surface area (Å²) in [7, 11) is 5.97. The highest BCUT2D eigenvalue weighted by Gasteiger charge is 2.28. The lowest BCUT2D eigenvalue weighted by atomic mass is 10.0. The number of carbonyl (C=O) groups is 2. The number of carbonyl (C=O) groups excluding carboxylic acids is 2. The van der Waals surface area contributed by atoms with Crippen LogP contribution in [0.4, 0.5) is 0 Å². The van der Waals surface area contributed by atoms with E-state index in [1.54, 1.807) is 20.4 Å². The van der Waals surface area contributed by atoms with Gasteiger partial charge in [0.15, 0.2) is 0 Å². The van der Waals surface area contributed by atoms with Crippen LogP contribution < -0.4 is 9.47 Å². The summed E-state index contributed by atoms with van der Waals surface area (Å²) >= 11 is 0. The van der Waals surface area contributed by atoms with E-state index in [4.69, 9.17) is 18.9 Å². The van der Waals surface area contributed by atoms with Crippen LogP contribution in [-0.2, 0) is 31.9 Å². The fourth-order valence-electron chi connectivity index (χ4n) is 3.87. The van der Waals surface area contributed by atoms with E-state index in [0.717, 1.165) is 34.7 Å². The number of methoxy groups -OCH3 is 4. The minimum Gasteiger partial charge on any atom is -0.497 e. The minimum absolute atomic E-state index is 0.390. The molecule has 0 saturated carbocycles. The molecule has 0 spiro atoms. The third-order valence-electron chi connectivity index (χ3n) is 5.86. The van der Waals surface area contributed by atoms with E-state index >= 15 is 0 Å². The maximum Gasteiger partial charge on any atom is 0.336 e. The first-order valence-corrected chi connectivity index (χ1v) is 11.3. The molecule has 8 nitrogen and oxygen atoms in total. The van der Waals surface area contributed by atoms with Crippen LogP contribution in [0.2, 0.25) is 0 Å². The molecule has 0 saturated heterocycles. The smallest absolute Gasteiger partial charge is 0.336 e. The number of benzene rings is 2. The van der Waals surface area contributed by atoms with Crippen LogP contribution in [0.25, 0.3) is 0 Å². The highest BCUT2D eigenvalue weighted by Crippen LogP contribution is 2.26. The molecule has 1 aliphatic heterocycles. The zero-order chi connectivity index (χ0) is 25.2. The average Bonchev–Trinajstić information content (AvgIpc) is 2.91. The predicted octanol–water partition coefficient (Wildman–Crippen LogP) is 3.18. The van der Waals surface area contributed by atoms with Gasteiger partial charge in [0, 0.05) is 37.5 Å². The molecule has 0 N–H and O–H groups in total. The van der Waals surface area contributed by atoms with Gasteiger partial charge in [-0.15, -0.1) is 0 Å². The molecule has 0 radical (unpaired) electrons. The van der Waals surface area contributed by atoms with Crippen LogP contribution in [0.3, 0.4) is 0 Å². The van der Waals surface area contributed by atoms with Gasteiger partial charge in [0.25, 0.3) is 0 Å². The maximum absolute atomic E-state index is 12.8. The Labute approximate surface area is 206 Å². The molecule has 0 unspecified atom stereocenters. The summed E-state index contributed by atoms with van der Waals surface area (Å²) in [5.41, 5.74) is 3.50. The zero-order valence-corrected chi connectivity index (χ0v) is 20.7. The Morgan fingerprint density at radius 3 is 2.00 bits per heavy atom. The van der Waals surface area contributed by atoms with Gasteiger partial charge in [-0.3, -0.25) is 4.90 Å². The maximum atomic E-state index is 12.8. The number of allylic oxidation sites excluding steroid dienone is 1. The van der Waals surface area contributed by atoms with Crippen LogP contribution >= 0.6 is 0 Å². The van der Waals surface area contributed by atoms with Crippen molar-refractivity contribution in [3.63, 3.8) is 0 Å². The second kappa shape index (κ2) is 12.6. The summed E-state index contributed by atoms with van der Waals surface area (Å²) in [6, 6.07) is 15.6. The fraction of sp³-hybridized carbons (Fsp3) is 0.333. The normalized spacial score (nSPS) is 14.2. The van der Waals surface area contributed by atoms with Crippen LogP contribution in [-0.4, -0.2) is 69.9 Å². The molecule has 1 heterocycles. The Bertz CT molecular complexity index is 1060. The molecule has 0 aromatic heterocycles. The highest BCUT2D eigenvalue weighted by atomic mass is 16.5. The van der Waals surface area contributed by atoms with E-state index in [1.807, 2.05) is 53.4 Å². The van der Waals surface area contributed by atoms with E-state index in [0.29, 0.717) is 31.8 Å². The standard InChI is InChI=1S/C27H32N2O6/c1-32-22-9-5-20(6-10-22)13-15-28-18-24(27(31)35-4)25(29(19-28)16-14-26(30)34-3)17-21-7-11-23(33-2)12-8-21/h5-12,14,16H,13,15,17-19H2,1-4H3/b16-14+. The van der Waals surface area contributed by atoms with Crippen LogP contribution in [0.15, 0.2) is 72.1 Å². The van der Waals surface area contributed by atoms with Crippen molar-refractivity contribution in [3.05, 3.63) is 83.2 Å². The van der Waals surface area contributed by atoms with Crippen molar-refractivity contribution in [2.75, 3.05) is 48.2 Å². The Hall–Kier alpha value is -3.78. The molecule has 2 aromatic rings. The van der Waals surface area contributed by atoms with E-state index in [2.05, 4.69) is 4.90 Å². The largest absolute Gasteiger partial charge is 0.497 e. The summed E-state index contributed by atoms with van der Waals surface area (Å²) < 4.78 is 20.4. The molecule has 0 aliphatic carbocycles. The summed E-state index contributed by atoms with van der Waals surface area (Å²) in [5.74, 6) is 0.708. The molecule has 3 rings (SSSR count). The van der Waals surface area contributed by atoms with Crippen molar-refractivity contribution in [1.82, 2.24) is 9.80 Å². The molecular formula is C27H32N2O6. The molecule has 35 heavy (non-hydrogen) atoms. The first kappa shape index (κ1) is 25.8. The quantitative estimate of drug-likeness (QED) is 0.379. The van der Waals surface area contributed by atoms with Crippen LogP contribution in [0.1, 0.15) is 11.1 Å². The van der Waals surface area contributed by atoms with Gasteiger partial charge < -0.3 is 23.8 Å². The van der Waals surface area contributed by atoms with Gasteiger partial charge in [-0.2, -0.15) is 0 Å². The van der Waals surface area contributed by atoms with Crippen molar-refractivity contribution < 1.29 is 28.5 Å². The molecule has 0 atom stereocenters. The topological polar surface area (TPSA) is 77.5 Å². The molecule has 1 aliphatic rings. The predicted molar refractivity (Wildman–Crippen MR) is 132 cm³/mol. The first-order valence-electron chi connectivity index (χ1n) is 11.3. The van der Waals surface area contributed by atoms with Gasteiger partial charge >= 0.3 is 11.9 Å². The Balaban J connectivity index is 1.87. The number of ether oxygens (including phenoxy) is 4. The highest BCUT2D eigenvalue weighted by molar-refractivity contribution is 5.90. The SMILES string of the molecule is COC(=O)/C=C/N1CN(CCc2ccc(OC)cc2)CC(C(=O)OC)=C1Cc1ccc(OC)cc1. The van der Waals surface area contributed by atoms with Crippen LogP contribution in [0, 0.1) is 0 Å². The van der Waals surface area contributed by atoms with Crippen molar-refractivity contribution >= 4 is 11.9 Å². The number of hydrogen-bond acceptors (Lipinski definition) is 8. The zero-order valence-electron chi connectivity index (χ0n) is 20.7. The van der Waals surface area contributed by atoms with E-state index in [1.165, 1.54) is 20.3 Å². The van der Waals surface area contributed by atoms with E-state index in [9.17, 15) is 9.59 Å². The van der Waals surface area contributed by atoms with Gasteiger partial charge in [0.1, 0.15) is 11.5 Å². The summed E-state index contributed by atoms with van der Waals surface area (Å²) in [6.45, 7) is 1.66. The van der Waals surface area contributed by atoms with Gasteiger partial charge in [0.05, 0.1) is 40.7 Å². The van der Waals surface area contributed by atoms with Crippen LogP contribution in [0.5, 0.6) is 11.5 Å². The number of nitrogens with zero attached hydrogens (tertiary/aromatic N) is 2. The number of rotatable bonds is 10. The van der Waals surface area contributed by atoms with Crippen molar-refractivity contribution in [3.8, 4) is 11.5 Å². The molecule has 8 heteroatoms. The number of hydrogen-bond donors (Lipinski definition) is 0. The fourth-order valence-corrected chi connectivity index (χ4v) is 3.87. The molecule has 0 fully saturated rings. The number of esters is 2. The molecular weight excluding hydrogens is 448 g/mol. The summed E-state index contributed by atoms with van der Waals surface area (Å²) in [5, 5.41) is 0. The van der Waals surface area contributed by atoms with Crippen molar-refractivity contribution in [2.24, 2.45) is 0 Å². The second-order valence-electron chi connectivity index (χ2n) is 8.04. The first-order chi connectivity index (χ1) is 17.0. The van der Waals surface area contributed by atoms with Gasteiger partial charge in [0.2, 0.25) is 0 Å². The van der Waals surface area contributed by atoms with Gasteiger partial charge in [-0.25, -0.2) is 9.59 Å². The van der Waals surface area contributed by atoms with E-state index < -0.39 is 5.97 Å². The molecule has 0 bridgehead atoms. The molecule has 186 valence electrons. The average molecular weight is 481 g/mol. The van der Waals surface area contributed by atoms with Crippen molar-refractivity contribution in [1.29, 1.82) is 0 Å². The van der Waals surface area contributed by atoms with Gasteiger partial charge in [-0.05, 0) is 41.8 Å². The molecule has 2 aromatic carbocycles. The third kappa shape index (κ3) is 7.10. The minimum atomic E-state index is -0.469. The van der Waals surface area contributed by atoms with Crippen molar-refractivity contribution in [2.45, 2.75) is 12.8 Å².